The molecule has 1 saturated carbocycles. The van der Waals surface area contributed by atoms with Gasteiger partial charge in [0.05, 0.1) is 5.92 Å². The van der Waals surface area contributed by atoms with Crippen LogP contribution in [0.3, 0.4) is 0 Å². The largest absolute Gasteiger partial charge is 0.481 e. The summed E-state index contributed by atoms with van der Waals surface area (Å²) in [6.45, 7) is 0. The van der Waals surface area contributed by atoms with Crippen molar-refractivity contribution in [2.45, 2.75) is 12.8 Å². The summed E-state index contributed by atoms with van der Waals surface area (Å²) in [5, 5.41) is 8.89. The number of benzene rings is 1. The third-order valence-corrected chi connectivity index (χ3v) is 3.43. The van der Waals surface area contributed by atoms with E-state index in [9.17, 15) is 9.18 Å². The molecule has 0 amide bonds. The molecule has 3 rings (SSSR count). The van der Waals surface area contributed by atoms with Gasteiger partial charge in [-0.2, -0.15) is 0 Å². The molecule has 3 heteroatoms. The zero-order valence-electron chi connectivity index (χ0n) is 8.61. The number of carboxylic acids is 1. The zero-order chi connectivity index (χ0) is 11.3. The van der Waals surface area contributed by atoms with E-state index in [2.05, 4.69) is 0 Å². The Morgan fingerprint density at radius 1 is 1.44 bits per heavy atom. The Morgan fingerprint density at radius 2 is 2.25 bits per heavy atom. The van der Waals surface area contributed by atoms with Crippen molar-refractivity contribution < 1.29 is 14.3 Å². The number of hydrogen-bond donors (Lipinski definition) is 1. The van der Waals surface area contributed by atoms with Gasteiger partial charge in [-0.15, -0.1) is 0 Å². The monoisotopic (exact) mass is 218 g/mol. The van der Waals surface area contributed by atoms with Gasteiger partial charge in [-0.05, 0) is 47.6 Å². The summed E-state index contributed by atoms with van der Waals surface area (Å²) < 4.78 is 13.0. The van der Waals surface area contributed by atoms with Crippen LogP contribution < -0.4 is 0 Å². The molecule has 1 fully saturated rings. The quantitative estimate of drug-likeness (QED) is 0.828. The van der Waals surface area contributed by atoms with Gasteiger partial charge in [0, 0.05) is 0 Å². The minimum atomic E-state index is -0.721. The summed E-state index contributed by atoms with van der Waals surface area (Å²) in [4.78, 5) is 10.8. The number of allylic oxidation sites excluding steroid dienone is 2. The molecule has 0 saturated heterocycles. The Kier molecular flexibility index (Phi) is 1.90. The molecule has 16 heavy (non-hydrogen) atoms. The Hall–Kier alpha value is -1.64. The first-order valence-corrected chi connectivity index (χ1v) is 5.38. The van der Waals surface area contributed by atoms with Gasteiger partial charge >= 0.3 is 5.97 Å². The van der Waals surface area contributed by atoms with Crippen molar-refractivity contribution in [3.05, 3.63) is 41.2 Å². The van der Waals surface area contributed by atoms with Gasteiger partial charge in [0.25, 0.3) is 0 Å². The smallest absolute Gasteiger partial charge is 0.307 e. The lowest BCUT2D eigenvalue weighted by Crippen LogP contribution is -2.00. The fourth-order valence-electron chi connectivity index (χ4n) is 2.51. The van der Waals surface area contributed by atoms with E-state index in [0.717, 1.165) is 29.5 Å². The summed E-state index contributed by atoms with van der Waals surface area (Å²) >= 11 is 0. The van der Waals surface area contributed by atoms with Crippen molar-refractivity contribution in [2.75, 3.05) is 0 Å². The number of hydrogen-bond acceptors (Lipinski definition) is 1. The zero-order valence-corrected chi connectivity index (χ0v) is 8.61. The van der Waals surface area contributed by atoms with Gasteiger partial charge in [0.1, 0.15) is 5.82 Å². The van der Waals surface area contributed by atoms with E-state index in [-0.39, 0.29) is 17.7 Å². The lowest BCUT2D eigenvalue weighted by atomic mass is 10.0. The van der Waals surface area contributed by atoms with E-state index >= 15 is 0 Å². The van der Waals surface area contributed by atoms with Crippen LogP contribution in [0.15, 0.2) is 24.3 Å². The lowest BCUT2D eigenvalue weighted by molar-refractivity contribution is -0.138. The number of halogens is 1. The van der Waals surface area contributed by atoms with Crippen LogP contribution in [0.1, 0.15) is 17.5 Å². The summed E-state index contributed by atoms with van der Waals surface area (Å²) in [5.74, 6) is -1.04. The number of fused-ring (bicyclic) bond motifs is 1. The number of rotatable bonds is 2. The van der Waals surface area contributed by atoms with Gasteiger partial charge in [-0.3, -0.25) is 4.79 Å². The Bertz CT molecular complexity index is 505. The lowest BCUT2D eigenvalue weighted by Gasteiger charge is -2.04. The van der Waals surface area contributed by atoms with Crippen LogP contribution in [0.25, 0.3) is 5.57 Å². The molecule has 0 bridgehead atoms. The molecule has 2 aliphatic rings. The minimum absolute atomic E-state index is 0.143. The highest BCUT2D eigenvalue weighted by atomic mass is 19.1. The predicted molar refractivity (Wildman–Crippen MR) is 57.3 cm³/mol. The van der Waals surface area contributed by atoms with Crippen LogP contribution in [0.2, 0.25) is 0 Å². The van der Waals surface area contributed by atoms with Crippen LogP contribution >= 0.6 is 0 Å². The van der Waals surface area contributed by atoms with Gasteiger partial charge in [-0.25, -0.2) is 4.39 Å². The third-order valence-electron chi connectivity index (χ3n) is 3.43. The fourth-order valence-corrected chi connectivity index (χ4v) is 2.51. The van der Waals surface area contributed by atoms with Crippen LogP contribution in [-0.2, 0) is 11.2 Å². The average molecular weight is 218 g/mol. The van der Waals surface area contributed by atoms with E-state index in [1.807, 2.05) is 6.08 Å². The van der Waals surface area contributed by atoms with Crippen molar-refractivity contribution in [3.63, 3.8) is 0 Å². The highest BCUT2D eigenvalue weighted by Gasteiger charge is 2.46. The second-order valence-corrected chi connectivity index (χ2v) is 4.45. The number of carboxylic acid groups (broad SMARTS) is 1. The van der Waals surface area contributed by atoms with Crippen molar-refractivity contribution in [1.29, 1.82) is 0 Å². The van der Waals surface area contributed by atoms with Crippen molar-refractivity contribution in [1.82, 2.24) is 0 Å². The molecule has 0 spiro atoms. The summed E-state index contributed by atoms with van der Waals surface area (Å²) in [5.41, 5.74) is 3.11. The van der Waals surface area contributed by atoms with Gasteiger partial charge in [-0.1, -0.05) is 12.1 Å². The van der Waals surface area contributed by atoms with Crippen LogP contribution in [0, 0.1) is 17.7 Å². The second kappa shape index (κ2) is 3.17. The number of aliphatic carboxylic acids is 1. The van der Waals surface area contributed by atoms with Crippen LogP contribution in [0.5, 0.6) is 0 Å². The predicted octanol–water partition coefficient (Wildman–Crippen LogP) is 2.49. The second-order valence-electron chi connectivity index (χ2n) is 4.45. The number of carbonyl (C=O) groups is 1. The topological polar surface area (TPSA) is 37.3 Å². The molecular weight excluding hydrogens is 207 g/mol. The van der Waals surface area contributed by atoms with E-state index in [4.69, 9.17) is 5.11 Å². The molecule has 0 aromatic heterocycles. The summed E-state index contributed by atoms with van der Waals surface area (Å²) in [7, 11) is 0. The fraction of sp³-hybridized carbons (Fsp3) is 0.308. The van der Waals surface area contributed by atoms with Crippen molar-refractivity contribution >= 4 is 11.5 Å². The molecule has 1 aromatic rings. The van der Waals surface area contributed by atoms with E-state index < -0.39 is 5.97 Å². The average Bonchev–Trinajstić information content (AvgIpc) is 2.93. The first-order valence-electron chi connectivity index (χ1n) is 5.38. The van der Waals surface area contributed by atoms with Gasteiger partial charge < -0.3 is 5.11 Å². The highest BCUT2D eigenvalue weighted by Crippen LogP contribution is 2.50. The standard InChI is InChI=1S/C13H11FO2/c14-8-2-4-9-7(5-8)1-3-10(9)11-6-12(11)13(15)16/h2-5,11-12H,1,6H2,(H,15,16). The molecule has 1 N–H and O–H groups in total. The normalized spacial score (nSPS) is 26.2. The molecular formula is C13H11FO2. The third kappa shape index (κ3) is 1.35. The SMILES string of the molecule is O=C(O)C1CC1C1=CCc2cc(F)ccc21. The molecule has 1 aromatic carbocycles. The molecule has 0 radical (unpaired) electrons. The minimum Gasteiger partial charge on any atom is -0.481 e. The molecule has 82 valence electrons. The van der Waals surface area contributed by atoms with Gasteiger partial charge in [0.2, 0.25) is 0 Å². The molecule has 0 aliphatic heterocycles. The van der Waals surface area contributed by atoms with E-state index in [1.54, 1.807) is 6.07 Å². The molecule has 2 unspecified atom stereocenters. The van der Waals surface area contributed by atoms with Crippen LogP contribution in [-0.4, -0.2) is 11.1 Å². The molecule has 2 atom stereocenters. The maximum Gasteiger partial charge on any atom is 0.307 e. The van der Waals surface area contributed by atoms with Crippen molar-refractivity contribution in [2.24, 2.45) is 11.8 Å². The first kappa shape index (κ1) is 9.58. The first-order chi connectivity index (χ1) is 7.66. The maximum absolute atomic E-state index is 13.0. The van der Waals surface area contributed by atoms with Crippen LogP contribution in [0.4, 0.5) is 4.39 Å². The summed E-state index contributed by atoms with van der Waals surface area (Å²) in [6, 6.07) is 4.74. The Labute approximate surface area is 92.4 Å². The van der Waals surface area contributed by atoms with E-state index in [0.29, 0.717) is 0 Å². The highest BCUT2D eigenvalue weighted by molar-refractivity contribution is 5.84. The molecule has 0 heterocycles. The van der Waals surface area contributed by atoms with Crippen molar-refractivity contribution in [3.8, 4) is 0 Å². The Morgan fingerprint density at radius 3 is 2.94 bits per heavy atom. The maximum atomic E-state index is 13.0. The summed E-state index contributed by atoms with van der Waals surface area (Å²) in [6.07, 6.45) is 3.49. The van der Waals surface area contributed by atoms with Gasteiger partial charge in [0.15, 0.2) is 0 Å². The van der Waals surface area contributed by atoms with E-state index in [1.165, 1.54) is 12.1 Å². The molecule has 2 nitrogen and oxygen atoms in total. The molecule has 2 aliphatic carbocycles. The Balaban J connectivity index is 1.90.